The Bertz CT molecular complexity index is 895. The van der Waals surface area contributed by atoms with Gasteiger partial charge < -0.3 is 15.0 Å². The molecule has 0 bridgehead atoms. The van der Waals surface area contributed by atoms with Crippen molar-refractivity contribution in [3.05, 3.63) is 63.1 Å². The lowest BCUT2D eigenvalue weighted by atomic mass is 10.1. The summed E-state index contributed by atoms with van der Waals surface area (Å²) in [4.78, 5) is 27.2. The third kappa shape index (κ3) is 7.38. The first kappa shape index (κ1) is 24.3. The van der Waals surface area contributed by atoms with Gasteiger partial charge in [0.2, 0.25) is 5.91 Å². The Kier molecular flexibility index (Phi) is 8.42. The van der Waals surface area contributed by atoms with E-state index in [1.165, 1.54) is 11.0 Å². The number of amides is 2. The minimum atomic E-state index is -0.711. The molecule has 0 aliphatic carbocycles. The Morgan fingerprint density at radius 1 is 1.03 bits per heavy atom. The first-order chi connectivity index (χ1) is 14.0. The predicted octanol–water partition coefficient (Wildman–Crippen LogP) is 5.36. The number of halogens is 3. The van der Waals surface area contributed by atoms with Crippen molar-refractivity contribution in [1.82, 2.24) is 10.2 Å². The second kappa shape index (κ2) is 10.4. The van der Waals surface area contributed by atoms with Gasteiger partial charge in [-0.25, -0.2) is 0 Å². The van der Waals surface area contributed by atoms with Crippen LogP contribution in [0.5, 0.6) is 5.75 Å². The maximum atomic E-state index is 13.0. The molecule has 30 heavy (non-hydrogen) atoms. The van der Waals surface area contributed by atoms with Crippen LogP contribution in [-0.2, 0) is 16.1 Å². The van der Waals surface area contributed by atoms with Crippen molar-refractivity contribution in [1.29, 1.82) is 0 Å². The molecule has 2 aromatic carbocycles. The summed E-state index contributed by atoms with van der Waals surface area (Å²) in [6.45, 7) is 7.29. The van der Waals surface area contributed by atoms with Crippen LogP contribution >= 0.6 is 34.8 Å². The summed E-state index contributed by atoms with van der Waals surface area (Å²) in [5.41, 5.74) is 0.417. The fraction of sp³-hybridized carbons (Fsp3) is 0.364. The topological polar surface area (TPSA) is 58.6 Å². The van der Waals surface area contributed by atoms with Crippen LogP contribution in [-0.4, -0.2) is 34.9 Å². The maximum absolute atomic E-state index is 13.0. The zero-order valence-electron chi connectivity index (χ0n) is 17.3. The van der Waals surface area contributed by atoms with Crippen molar-refractivity contribution in [2.45, 2.75) is 45.8 Å². The molecule has 1 N–H and O–H groups in total. The molecular weight excluding hydrogens is 447 g/mol. The molecule has 0 aromatic heterocycles. The molecule has 8 heteroatoms. The lowest BCUT2D eigenvalue weighted by molar-refractivity contribution is -0.142. The van der Waals surface area contributed by atoms with E-state index in [4.69, 9.17) is 39.5 Å². The fourth-order valence-electron chi connectivity index (χ4n) is 2.66. The minimum absolute atomic E-state index is 0.229. The average molecular weight is 472 g/mol. The lowest BCUT2D eigenvalue weighted by Gasteiger charge is -2.31. The van der Waals surface area contributed by atoms with Crippen LogP contribution in [0.2, 0.25) is 15.1 Å². The fourth-order valence-corrected chi connectivity index (χ4v) is 3.25. The maximum Gasteiger partial charge on any atom is 0.261 e. The SMILES string of the molecule is CC(C(=O)NC(C)(C)C)N(Cc1ccc(Cl)cc1)C(=O)COc1ccc(Cl)cc1Cl. The van der Waals surface area contributed by atoms with Crippen molar-refractivity contribution in [3.8, 4) is 5.75 Å². The van der Waals surface area contributed by atoms with E-state index in [0.717, 1.165) is 5.56 Å². The largest absolute Gasteiger partial charge is 0.482 e. The number of benzene rings is 2. The molecule has 2 rings (SSSR count). The Labute approximate surface area is 192 Å². The molecule has 2 aromatic rings. The van der Waals surface area contributed by atoms with Crippen molar-refractivity contribution in [2.24, 2.45) is 0 Å². The predicted molar refractivity (Wildman–Crippen MR) is 121 cm³/mol. The molecule has 0 saturated heterocycles. The van der Waals surface area contributed by atoms with Crippen molar-refractivity contribution < 1.29 is 14.3 Å². The zero-order chi connectivity index (χ0) is 22.5. The van der Waals surface area contributed by atoms with Gasteiger partial charge >= 0.3 is 0 Å². The van der Waals surface area contributed by atoms with Gasteiger partial charge in [-0.1, -0.05) is 46.9 Å². The third-order valence-corrected chi connectivity index (χ3v) is 4.96. The van der Waals surface area contributed by atoms with Gasteiger partial charge in [0, 0.05) is 22.1 Å². The second-order valence-corrected chi connectivity index (χ2v) is 9.21. The summed E-state index contributed by atoms with van der Waals surface area (Å²) in [5.74, 6) is -0.269. The summed E-state index contributed by atoms with van der Waals surface area (Å²) in [5, 5.41) is 4.27. The molecule has 0 heterocycles. The van der Waals surface area contributed by atoms with Gasteiger partial charge in [-0.2, -0.15) is 0 Å². The molecule has 1 unspecified atom stereocenters. The molecule has 2 amide bonds. The third-order valence-electron chi connectivity index (χ3n) is 4.18. The van der Waals surface area contributed by atoms with E-state index < -0.39 is 11.6 Å². The highest BCUT2D eigenvalue weighted by Crippen LogP contribution is 2.27. The Balaban J connectivity index is 2.18. The summed E-state index contributed by atoms with van der Waals surface area (Å²) in [6, 6.07) is 11.1. The van der Waals surface area contributed by atoms with Gasteiger partial charge in [-0.3, -0.25) is 9.59 Å². The molecule has 0 saturated carbocycles. The Morgan fingerprint density at radius 2 is 1.63 bits per heavy atom. The number of hydrogen-bond acceptors (Lipinski definition) is 3. The van der Waals surface area contributed by atoms with E-state index in [2.05, 4.69) is 5.32 Å². The summed E-state index contributed by atoms with van der Waals surface area (Å²) < 4.78 is 5.59. The lowest BCUT2D eigenvalue weighted by Crippen LogP contribution is -2.53. The molecule has 0 aliphatic rings. The van der Waals surface area contributed by atoms with E-state index >= 15 is 0 Å². The van der Waals surface area contributed by atoms with Crippen LogP contribution in [0.25, 0.3) is 0 Å². The normalized spacial score (nSPS) is 12.2. The number of nitrogens with zero attached hydrogens (tertiary/aromatic N) is 1. The molecule has 0 aliphatic heterocycles. The van der Waals surface area contributed by atoms with Crippen molar-refractivity contribution in [2.75, 3.05) is 6.61 Å². The highest BCUT2D eigenvalue weighted by atomic mass is 35.5. The zero-order valence-corrected chi connectivity index (χ0v) is 19.6. The number of carbonyl (C=O) groups excluding carboxylic acids is 2. The quantitative estimate of drug-likeness (QED) is 0.591. The number of nitrogens with one attached hydrogen (secondary N) is 1. The second-order valence-electron chi connectivity index (χ2n) is 7.93. The molecule has 162 valence electrons. The van der Waals surface area contributed by atoms with Crippen LogP contribution in [0.1, 0.15) is 33.3 Å². The molecule has 0 fully saturated rings. The van der Waals surface area contributed by atoms with E-state index in [1.54, 1.807) is 31.2 Å². The summed E-state index contributed by atoms with van der Waals surface area (Å²) >= 11 is 18.0. The molecular formula is C22H25Cl3N2O3. The molecule has 1 atom stereocenters. The van der Waals surface area contributed by atoms with E-state index in [1.807, 2.05) is 32.9 Å². The highest BCUT2D eigenvalue weighted by Gasteiger charge is 2.28. The van der Waals surface area contributed by atoms with Crippen molar-refractivity contribution >= 4 is 46.6 Å². The Morgan fingerprint density at radius 3 is 2.20 bits per heavy atom. The van der Waals surface area contributed by atoms with Gasteiger partial charge in [0.15, 0.2) is 6.61 Å². The number of carbonyl (C=O) groups is 2. The van der Waals surface area contributed by atoms with E-state index in [9.17, 15) is 9.59 Å². The van der Waals surface area contributed by atoms with Crippen LogP contribution in [0, 0.1) is 0 Å². The molecule has 5 nitrogen and oxygen atoms in total. The standard InChI is InChI=1S/C22H25Cl3N2O3/c1-14(21(29)26-22(2,3)4)27(12-15-5-7-16(23)8-6-15)20(28)13-30-19-10-9-17(24)11-18(19)25/h5-11,14H,12-13H2,1-4H3,(H,26,29). The number of hydrogen-bond donors (Lipinski definition) is 1. The van der Waals surface area contributed by atoms with Gasteiger partial charge in [-0.15, -0.1) is 0 Å². The highest BCUT2D eigenvalue weighted by molar-refractivity contribution is 6.35. The van der Waals surface area contributed by atoms with E-state index in [0.29, 0.717) is 20.8 Å². The number of rotatable bonds is 7. The monoisotopic (exact) mass is 470 g/mol. The molecule has 0 radical (unpaired) electrons. The van der Waals surface area contributed by atoms with Gasteiger partial charge in [-0.05, 0) is 63.6 Å². The summed E-state index contributed by atoms with van der Waals surface area (Å²) in [6.07, 6.45) is 0. The minimum Gasteiger partial charge on any atom is -0.482 e. The van der Waals surface area contributed by atoms with Gasteiger partial charge in [0.25, 0.3) is 5.91 Å². The van der Waals surface area contributed by atoms with E-state index in [-0.39, 0.29) is 25.0 Å². The molecule has 0 spiro atoms. The van der Waals surface area contributed by atoms with Gasteiger partial charge in [0.05, 0.1) is 5.02 Å². The first-order valence-corrected chi connectivity index (χ1v) is 10.5. The van der Waals surface area contributed by atoms with Gasteiger partial charge in [0.1, 0.15) is 11.8 Å². The van der Waals surface area contributed by atoms with Crippen LogP contribution in [0.15, 0.2) is 42.5 Å². The summed E-state index contributed by atoms with van der Waals surface area (Å²) in [7, 11) is 0. The smallest absolute Gasteiger partial charge is 0.261 e. The Hall–Kier alpha value is -1.95. The average Bonchev–Trinajstić information content (AvgIpc) is 2.64. The van der Waals surface area contributed by atoms with Crippen LogP contribution in [0.3, 0.4) is 0 Å². The van der Waals surface area contributed by atoms with Crippen LogP contribution in [0.4, 0.5) is 0 Å². The van der Waals surface area contributed by atoms with Crippen LogP contribution < -0.4 is 10.1 Å². The van der Waals surface area contributed by atoms with Crippen molar-refractivity contribution in [3.63, 3.8) is 0 Å². The first-order valence-electron chi connectivity index (χ1n) is 9.40. The number of ether oxygens (including phenoxy) is 1.